The van der Waals surface area contributed by atoms with Crippen LogP contribution >= 0.6 is 11.8 Å². The van der Waals surface area contributed by atoms with E-state index < -0.39 is 0 Å². The topological polar surface area (TPSA) is 30.7 Å². The Bertz CT molecular complexity index is 909. The highest BCUT2D eigenvalue weighted by atomic mass is 32.2. The zero-order valence-electron chi connectivity index (χ0n) is 15.8. The molecule has 0 bridgehead atoms. The minimum atomic E-state index is -0.261. The van der Waals surface area contributed by atoms with Gasteiger partial charge in [-0.05, 0) is 50.3 Å². The molecule has 0 aliphatic carbocycles. The maximum atomic E-state index is 12.5. The number of pyridine rings is 1. The molecule has 1 atom stereocenters. The van der Waals surface area contributed by atoms with E-state index in [0.29, 0.717) is 12.2 Å². The molecule has 0 spiro atoms. The number of ether oxygens (including phenoxy) is 1. The summed E-state index contributed by atoms with van der Waals surface area (Å²) in [5.41, 5.74) is 6.43. The van der Waals surface area contributed by atoms with Gasteiger partial charge in [-0.15, -0.1) is 11.8 Å². The minimum absolute atomic E-state index is 0.164. The lowest BCUT2D eigenvalue weighted by Crippen LogP contribution is -2.03. The monoisotopic (exact) mass is 367 g/mol. The number of thioether (sulfide) groups is 1. The van der Waals surface area contributed by atoms with Gasteiger partial charge in [0, 0.05) is 11.9 Å². The molecule has 2 aromatic heterocycles. The molecule has 0 aliphatic rings. The van der Waals surface area contributed by atoms with E-state index in [1.807, 2.05) is 49.1 Å². The molecule has 0 radical (unpaired) electrons. The van der Waals surface area contributed by atoms with Crippen LogP contribution < -0.4 is 0 Å². The van der Waals surface area contributed by atoms with E-state index in [1.165, 1.54) is 16.7 Å². The average molecular weight is 368 g/mol. The molecule has 0 fully saturated rings. The molecule has 0 N–H and O–H groups in total. The Morgan fingerprint density at radius 3 is 2.50 bits per heavy atom. The molecule has 0 aliphatic heterocycles. The molecule has 3 aromatic rings. The van der Waals surface area contributed by atoms with Crippen molar-refractivity contribution in [3.05, 3.63) is 76.6 Å². The van der Waals surface area contributed by atoms with Gasteiger partial charge in [0.05, 0.1) is 22.9 Å². The van der Waals surface area contributed by atoms with Gasteiger partial charge in [-0.3, -0.25) is 0 Å². The van der Waals surface area contributed by atoms with Crippen LogP contribution in [0.3, 0.4) is 0 Å². The van der Waals surface area contributed by atoms with Gasteiger partial charge in [-0.2, -0.15) is 0 Å². The van der Waals surface area contributed by atoms with Gasteiger partial charge in [-0.25, -0.2) is 4.79 Å². The van der Waals surface area contributed by atoms with Gasteiger partial charge in [0.2, 0.25) is 0 Å². The van der Waals surface area contributed by atoms with Crippen molar-refractivity contribution < 1.29 is 9.53 Å². The highest BCUT2D eigenvalue weighted by molar-refractivity contribution is 7.99. The summed E-state index contributed by atoms with van der Waals surface area (Å²) in [5.74, 6) is 0.732. The Morgan fingerprint density at radius 2 is 1.85 bits per heavy atom. The number of carbonyl (C=O) groups is 1. The van der Waals surface area contributed by atoms with Gasteiger partial charge in [-0.1, -0.05) is 42.3 Å². The second kappa shape index (κ2) is 8.00. The number of nitrogens with zero attached hydrogens (tertiary/aromatic N) is 1. The standard InChI is InChI=1S/C22H25NO2S/c1-5-25-22(24)18-14-20(23-10-8-7-9-19(18)23)21(26-6-2)17-12-15(3)11-16(4)13-17/h7-14,21H,5-6H2,1-4H3. The summed E-state index contributed by atoms with van der Waals surface area (Å²) in [6, 6.07) is 14.6. The number of aryl methyl sites for hydroxylation is 2. The van der Waals surface area contributed by atoms with Gasteiger partial charge in [0.25, 0.3) is 0 Å². The third kappa shape index (κ3) is 3.65. The first-order valence-corrected chi connectivity index (χ1v) is 10.1. The zero-order chi connectivity index (χ0) is 18.7. The van der Waals surface area contributed by atoms with Crippen LogP contribution in [-0.4, -0.2) is 22.7 Å². The van der Waals surface area contributed by atoms with Crippen LogP contribution in [0.1, 0.15) is 51.8 Å². The average Bonchev–Trinajstić information content (AvgIpc) is 2.98. The molecule has 3 rings (SSSR count). The first kappa shape index (κ1) is 18.6. The van der Waals surface area contributed by atoms with Gasteiger partial charge < -0.3 is 9.14 Å². The van der Waals surface area contributed by atoms with Crippen molar-refractivity contribution in [3.8, 4) is 0 Å². The molecule has 0 saturated carbocycles. The van der Waals surface area contributed by atoms with Crippen molar-refractivity contribution in [1.29, 1.82) is 0 Å². The summed E-state index contributed by atoms with van der Waals surface area (Å²) in [7, 11) is 0. The number of hydrogen-bond donors (Lipinski definition) is 0. The van der Waals surface area contributed by atoms with Crippen molar-refractivity contribution in [3.63, 3.8) is 0 Å². The first-order chi connectivity index (χ1) is 12.5. The van der Waals surface area contributed by atoms with E-state index in [9.17, 15) is 4.79 Å². The molecule has 4 heteroatoms. The molecular formula is C22H25NO2S. The number of esters is 1. The van der Waals surface area contributed by atoms with E-state index in [1.54, 1.807) is 0 Å². The number of hydrogen-bond acceptors (Lipinski definition) is 3. The summed E-state index contributed by atoms with van der Waals surface area (Å²) in [6.45, 7) is 8.64. The predicted molar refractivity (Wildman–Crippen MR) is 109 cm³/mol. The Labute approximate surface area is 159 Å². The fourth-order valence-corrected chi connectivity index (χ4v) is 4.45. The molecular weight excluding hydrogens is 342 g/mol. The van der Waals surface area contributed by atoms with Crippen LogP contribution in [-0.2, 0) is 4.74 Å². The molecule has 0 saturated heterocycles. The second-order valence-electron chi connectivity index (χ2n) is 6.42. The third-order valence-electron chi connectivity index (χ3n) is 4.35. The Morgan fingerprint density at radius 1 is 1.12 bits per heavy atom. The summed E-state index contributed by atoms with van der Waals surface area (Å²) in [4.78, 5) is 12.5. The summed E-state index contributed by atoms with van der Waals surface area (Å²) >= 11 is 1.88. The largest absolute Gasteiger partial charge is 0.462 e. The number of fused-ring (bicyclic) bond motifs is 1. The number of benzene rings is 1. The summed E-state index contributed by atoms with van der Waals surface area (Å²) < 4.78 is 7.40. The van der Waals surface area contributed by atoms with Gasteiger partial charge in [0.1, 0.15) is 0 Å². The van der Waals surface area contributed by atoms with Crippen LogP contribution in [0.5, 0.6) is 0 Å². The van der Waals surface area contributed by atoms with Crippen LogP contribution in [0.2, 0.25) is 0 Å². The maximum absolute atomic E-state index is 12.5. The molecule has 26 heavy (non-hydrogen) atoms. The van der Waals surface area contributed by atoms with Crippen molar-refractivity contribution in [2.24, 2.45) is 0 Å². The fraction of sp³-hybridized carbons (Fsp3) is 0.318. The van der Waals surface area contributed by atoms with Crippen molar-refractivity contribution >= 4 is 23.2 Å². The normalized spacial score (nSPS) is 12.3. The highest BCUT2D eigenvalue weighted by Crippen LogP contribution is 2.38. The van der Waals surface area contributed by atoms with E-state index in [4.69, 9.17) is 4.74 Å². The fourth-order valence-electron chi connectivity index (χ4n) is 3.43. The van der Waals surface area contributed by atoms with Crippen LogP contribution in [0.4, 0.5) is 0 Å². The first-order valence-electron chi connectivity index (χ1n) is 9.02. The van der Waals surface area contributed by atoms with Crippen LogP contribution in [0.15, 0.2) is 48.7 Å². The lowest BCUT2D eigenvalue weighted by Gasteiger charge is -2.18. The van der Waals surface area contributed by atoms with Crippen LogP contribution in [0.25, 0.3) is 5.52 Å². The molecule has 2 heterocycles. The lowest BCUT2D eigenvalue weighted by atomic mass is 10.0. The third-order valence-corrected chi connectivity index (χ3v) is 5.53. The SMILES string of the molecule is CCOC(=O)c1cc(C(SCC)c2cc(C)cc(C)c2)n2ccccc12. The van der Waals surface area contributed by atoms with E-state index in [2.05, 4.69) is 43.4 Å². The Hall–Kier alpha value is -2.20. The Balaban J connectivity index is 2.18. The van der Waals surface area contributed by atoms with Crippen molar-refractivity contribution in [2.45, 2.75) is 32.9 Å². The number of aromatic nitrogens is 1. The quantitative estimate of drug-likeness (QED) is 0.533. The van der Waals surface area contributed by atoms with Gasteiger partial charge in [0.15, 0.2) is 0 Å². The molecule has 136 valence electrons. The van der Waals surface area contributed by atoms with E-state index in [-0.39, 0.29) is 11.2 Å². The Kier molecular flexibility index (Phi) is 5.72. The minimum Gasteiger partial charge on any atom is -0.462 e. The van der Waals surface area contributed by atoms with Gasteiger partial charge >= 0.3 is 5.97 Å². The smallest absolute Gasteiger partial charge is 0.340 e. The highest BCUT2D eigenvalue weighted by Gasteiger charge is 2.23. The number of carbonyl (C=O) groups excluding carboxylic acids is 1. The second-order valence-corrected chi connectivity index (χ2v) is 7.80. The maximum Gasteiger partial charge on any atom is 0.340 e. The molecule has 1 unspecified atom stereocenters. The van der Waals surface area contributed by atoms with E-state index in [0.717, 1.165) is 17.0 Å². The van der Waals surface area contributed by atoms with Crippen molar-refractivity contribution in [2.75, 3.05) is 12.4 Å². The molecule has 0 amide bonds. The van der Waals surface area contributed by atoms with Crippen molar-refractivity contribution in [1.82, 2.24) is 4.40 Å². The molecule has 3 nitrogen and oxygen atoms in total. The summed E-state index contributed by atoms with van der Waals surface area (Å²) in [5, 5.41) is 0.164. The number of rotatable bonds is 6. The molecule has 1 aromatic carbocycles. The lowest BCUT2D eigenvalue weighted by molar-refractivity contribution is 0.0529. The predicted octanol–water partition coefficient (Wildman–Crippen LogP) is 5.58. The van der Waals surface area contributed by atoms with Crippen LogP contribution in [0, 0.1) is 13.8 Å². The van der Waals surface area contributed by atoms with E-state index >= 15 is 0 Å². The summed E-state index contributed by atoms with van der Waals surface area (Å²) in [6.07, 6.45) is 2.03. The zero-order valence-corrected chi connectivity index (χ0v) is 16.6.